The van der Waals surface area contributed by atoms with Crippen molar-refractivity contribution in [1.82, 2.24) is 9.80 Å². The van der Waals surface area contributed by atoms with E-state index in [1.807, 2.05) is 35.7 Å². The number of nitrogens with zero attached hydrogens (tertiary/aromatic N) is 2. The van der Waals surface area contributed by atoms with E-state index in [0.717, 1.165) is 10.4 Å². The smallest absolute Gasteiger partial charge is 0.254 e. The molecule has 0 aliphatic rings. The van der Waals surface area contributed by atoms with Gasteiger partial charge in [0.1, 0.15) is 18.0 Å². The summed E-state index contributed by atoms with van der Waals surface area (Å²) < 4.78 is 26.7. The van der Waals surface area contributed by atoms with Crippen LogP contribution in [0.3, 0.4) is 0 Å². The molecule has 0 saturated carbocycles. The first-order valence-corrected chi connectivity index (χ1v) is 13.3. The maximum Gasteiger partial charge on any atom is 0.254 e. The normalized spacial score (nSPS) is 10.6. The number of benzene rings is 2. The third kappa shape index (κ3) is 8.36. The van der Waals surface area contributed by atoms with E-state index in [9.17, 15) is 9.59 Å². The molecule has 0 atom stereocenters. The van der Waals surface area contributed by atoms with Gasteiger partial charge in [-0.1, -0.05) is 12.1 Å². The highest BCUT2D eigenvalue weighted by molar-refractivity contribution is 7.09. The van der Waals surface area contributed by atoms with E-state index in [1.54, 1.807) is 55.8 Å². The van der Waals surface area contributed by atoms with E-state index in [0.29, 0.717) is 48.1 Å². The van der Waals surface area contributed by atoms with Gasteiger partial charge in [0.05, 0.1) is 41.6 Å². The molecular weight excluding hydrogens is 520 g/mol. The van der Waals surface area contributed by atoms with Crippen LogP contribution in [-0.4, -0.2) is 83.4 Å². The Labute approximate surface area is 233 Å². The largest absolute Gasteiger partial charge is 0.497 e. The number of hydrogen-bond acceptors (Lipinski definition) is 8. The summed E-state index contributed by atoms with van der Waals surface area (Å²) in [7, 11) is 7.80. The van der Waals surface area contributed by atoms with Crippen molar-refractivity contribution >= 4 is 23.2 Å². The minimum Gasteiger partial charge on any atom is -0.497 e. The van der Waals surface area contributed by atoms with Gasteiger partial charge >= 0.3 is 0 Å². The predicted octanol–water partition coefficient (Wildman–Crippen LogP) is 4.14. The molecule has 0 spiro atoms. The average molecular weight is 557 g/mol. The van der Waals surface area contributed by atoms with Gasteiger partial charge in [0.25, 0.3) is 5.91 Å². The quantitative estimate of drug-likeness (QED) is 0.278. The highest BCUT2D eigenvalue weighted by atomic mass is 32.1. The van der Waals surface area contributed by atoms with Gasteiger partial charge in [-0.3, -0.25) is 9.59 Å². The molecule has 0 N–H and O–H groups in total. The standard InChI is InChI=1S/C29H36N2O7S/c1-34-13-12-31(29(33)22-16-23(35-2)18-24(17-22)36-3)20-28(32)30(19-25-7-6-14-39-25)11-10-21-8-9-26(37-4)27(15-21)38-5/h6-9,14-18H,10-13,19-20H2,1-5H3. The molecule has 1 heterocycles. The summed E-state index contributed by atoms with van der Waals surface area (Å²) in [5, 5.41) is 1.98. The first kappa shape index (κ1) is 29.8. The van der Waals surface area contributed by atoms with E-state index in [2.05, 4.69) is 0 Å². The Balaban J connectivity index is 1.81. The van der Waals surface area contributed by atoms with Crippen LogP contribution in [0, 0.1) is 0 Å². The summed E-state index contributed by atoms with van der Waals surface area (Å²) in [4.78, 5) is 31.5. The van der Waals surface area contributed by atoms with Crippen molar-refractivity contribution < 1.29 is 33.3 Å². The minimum atomic E-state index is -0.312. The molecule has 2 amide bonds. The van der Waals surface area contributed by atoms with Gasteiger partial charge in [0.2, 0.25) is 5.91 Å². The van der Waals surface area contributed by atoms with Crippen LogP contribution >= 0.6 is 11.3 Å². The number of rotatable bonds is 15. The Morgan fingerprint density at radius 1 is 0.795 bits per heavy atom. The number of hydrogen-bond donors (Lipinski definition) is 0. The molecule has 0 aliphatic carbocycles. The van der Waals surface area contributed by atoms with Crippen molar-refractivity contribution in [3.63, 3.8) is 0 Å². The molecule has 3 rings (SSSR count). The lowest BCUT2D eigenvalue weighted by Gasteiger charge is -2.28. The van der Waals surface area contributed by atoms with Gasteiger partial charge in [0, 0.05) is 36.7 Å². The number of carbonyl (C=O) groups excluding carboxylic acids is 2. The molecule has 0 fully saturated rings. The maximum atomic E-state index is 13.7. The fourth-order valence-corrected chi connectivity index (χ4v) is 4.73. The van der Waals surface area contributed by atoms with Gasteiger partial charge in [-0.25, -0.2) is 0 Å². The summed E-state index contributed by atoms with van der Waals surface area (Å²) in [6, 6.07) is 14.6. The number of amides is 2. The number of methoxy groups -OCH3 is 5. The molecule has 0 unspecified atom stereocenters. The Bertz CT molecular complexity index is 1190. The fraction of sp³-hybridized carbons (Fsp3) is 0.379. The van der Waals surface area contributed by atoms with E-state index in [-0.39, 0.29) is 31.5 Å². The van der Waals surface area contributed by atoms with E-state index in [1.165, 1.54) is 19.1 Å². The lowest BCUT2D eigenvalue weighted by atomic mass is 10.1. The Morgan fingerprint density at radius 2 is 1.51 bits per heavy atom. The molecule has 0 aliphatic heterocycles. The van der Waals surface area contributed by atoms with Gasteiger partial charge in [-0.05, 0) is 47.7 Å². The molecule has 0 saturated heterocycles. The maximum absolute atomic E-state index is 13.7. The molecule has 0 radical (unpaired) electrons. The number of thiophene rings is 1. The van der Waals surface area contributed by atoms with Crippen molar-refractivity contribution in [2.75, 3.05) is 61.8 Å². The summed E-state index contributed by atoms with van der Waals surface area (Å²) in [5.41, 5.74) is 1.37. The summed E-state index contributed by atoms with van der Waals surface area (Å²) >= 11 is 1.59. The van der Waals surface area contributed by atoms with Crippen LogP contribution in [0.15, 0.2) is 53.9 Å². The molecule has 10 heteroatoms. The van der Waals surface area contributed by atoms with E-state index in [4.69, 9.17) is 23.7 Å². The molecule has 1 aromatic heterocycles. The Morgan fingerprint density at radius 3 is 2.10 bits per heavy atom. The van der Waals surface area contributed by atoms with Crippen molar-refractivity contribution in [2.45, 2.75) is 13.0 Å². The highest BCUT2D eigenvalue weighted by Crippen LogP contribution is 2.28. The third-order valence-electron chi connectivity index (χ3n) is 6.17. The monoisotopic (exact) mass is 556 g/mol. The second kappa shape index (κ2) is 15.0. The molecule has 39 heavy (non-hydrogen) atoms. The topological polar surface area (TPSA) is 86.8 Å². The molecule has 2 aromatic carbocycles. The third-order valence-corrected chi connectivity index (χ3v) is 7.04. The van der Waals surface area contributed by atoms with Gasteiger partial charge in [0.15, 0.2) is 11.5 Å². The van der Waals surface area contributed by atoms with Crippen LogP contribution in [0.2, 0.25) is 0 Å². The number of carbonyl (C=O) groups is 2. The molecular formula is C29H36N2O7S. The van der Waals surface area contributed by atoms with Crippen molar-refractivity contribution in [3.05, 3.63) is 69.9 Å². The van der Waals surface area contributed by atoms with Crippen molar-refractivity contribution in [1.29, 1.82) is 0 Å². The highest BCUT2D eigenvalue weighted by Gasteiger charge is 2.24. The van der Waals surface area contributed by atoms with E-state index < -0.39 is 0 Å². The summed E-state index contributed by atoms with van der Waals surface area (Å²) in [5.74, 6) is 1.79. The van der Waals surface area contributed by atoms with Gasteiger partial charge in [-0.15, -0.1) is 11.3 Å². The van der Waals surface area contributed by atoms with Crippen LogP contribution in [0.5, 0.6) is 23.0 Å². The van der Waals surface area contributed by atoms with Crippen LogP contribution in [0.1, 0.15) is 20.8 Å². The summed E-state index contributed by atoms with van der Waals surface area (Å²) in [6.07, 6.45) is 0.608. The molecule has 0 bridgehead atoms. The zero-order valence-electron chi connectivity index (χ0n) is 23.1. The summed E-state index contributed by atoms with van der Waals surface area (Å²) in [6.45, 7) is 1.35. The van der Waals surface area contributed by atoms with Gasteiger partial charge in [-0.2, -0.15) is 0 Å². The second-order valence-corrected chi connectivity index (χ2v) is 9.69. The van der Waals surface area contributed by atoms with Crippen LogP contribution in [0.4, 0.5) is 0 Å². The average Bonchev–Trinajstić information content (AvgIpc) is 3.49. The van der Waals surface area contributed by atoms with Crippen molar-refractivity contribution in [2.24, 2.45) is 0 Å². The minimum absolute atomic E-state index is 0.0982. The van der Waals surface area contributed by atoms with Crippen molar-refractivity contribution in [3.8, 4) is 23.0 Å². The zero-order valence-corrected chi connectivity index (χ0v) is 23.9. The lowest BCUT2D eigenvalue weighted by molar-refractivity contribution is -0.132. The second-order valence-electron chi connectivity index (χ2n) is 8.65. The molecule has 3 aromatic rings. The Hall–Kier alpha value is -3.76. The first-order valence-electron chi connectivity index (χ1n) is 12.4. The molecule has 9 nitrogen and oxygen atoms in total. The SMILES string of the molecule is COCCN(CC(=O)N(CCc1ccc(OC)c(OC)c1)Cc1cccs1)C(=O)c1cc(OC)cc(OC)c1. The molecule has 210 valence electrons. The fourth-order valence-electron chi connectivity index (χ4n) is 4.01. The van der Waals surface area contributed by atoms with Crippen LogP contribution in [0.25, 0.3) is 0 Å². The zero-order chi connectivity index (χ0) is 28.2. The first-order chi connectivity index (χ1) is 18.9. The van der Waals surface area contributed by atoms with Gasteiger partial charge < -0.3 is 33.5 Å². The van der Waals surface area contributed by atoms with Crippen LogP contribution in [-0.2, 0) is 22.5 Å². The predicted molar refractivity (Wildman–Crippen MR) is 150 cm³/mol. The van der Waals surface area contributed by atoms with E-state index >= 15 is 0 Å². The lowest BCUT2D eigenvalue weighted by Crippen LogP contribution is -2.44. The van der Waals surface area contributed by atoms with Crippen LogP contribution < -0.4 is 18.9 Å². The number of ether oxygens (including phenoxy) is 5. The Kier molecular flexibility index (Phi) is 11.4.